The normalized spacial score (nSPS) is 19.9. The molecule has 1 saturated heterocycles. The van der Waals surface area contributed by atoms with Crippen molar-refractivity contribution < 1.29 is 0 Å². The maximum atomic E-state index is 5.31. The van der Waals surface area contributed by atoms with E-state index in [0.29, 0.717) is 17.9 Å². The lowest BCUT2D eigenvalue weighted by Gasteiger charge is -2.20. The van der Waals surface area contributed by atoms with Gasteiger partial charge in [0.05, 0.1) is 4.47 Å². The molecule has 1 aliphatic rings. The summed E-state index contributed by atoms with van der Waals surface area (Å²) in [5, 5.41) is 3.37. The molecule has 1 atom stereocenters. The number of anilines is 2. The highest BCUT2D eigenvalue weighted by Crippen LogP contribution is 2.22. The van der Waals surface area contributed by atoms with E-state index >= 15 is 0 Å². The molecule has 7 heteroatoms. The second-order valence-electron chi connectivity index (χ2n) is 5.16. The Morgan fingerprint density at radius 1 is 1.58 bits per heavy atom. The van der Waals surface area contributed by atoms with Crippen molar-refractivity contribution in [3.63, 3.8) is 0 Å². The Morgan fingerprint density at radius 2 is 2.37 bits per heavy atom. The van der Waals surface area contributed by atoms with Gasteiger partial charge in [-0.05, 0) is 48.7 Å². The number of halogens is 1. The van der Waals surface area contributed by atoms with Crippen LogP contribution in [-0.4, -0.2) is 40.5 Å². The third-order valence-corrected chi connectivity index (χ3v) is 4.06. The highest BCUT2D eigenvalue weighted by atomic mass is 79.9. The Kier molecular flexibility index (Phi) is 4.95. The second kappa shape index (κ2) is 6.49. The van der Waals surface area contributed by atoms with E-state index in [9.17, 15) is 0 Å². The first-order valence-electron chi connectivity index (χ1n) is 6.57. The minimum Gasteiger partial charge on any atom is -0.369 e. The molecule has 6 nitrogen and oxygen atoms in total. The van der Waals surface area contributed by atoms with Crippen molar-refractivity contribution in [1.82, 2.24) is 14.9 Å². The number of hydrazine groups is 1. The fraction of sp³-hybridized carbons (Fsp3) is 0.667. The summed E-state index contributed by atoms with van der Waals surface area (Å²) >= 11 is 3.44. The zero-order valence-electron chi connectivity index (χ0n) is 11.4. The lowest BCUT2D eigenvalue weighted by atomic mass is 10.1. The van der Waals surface area contributed by atoms with Gasteiger partial charge in [0.15, 0.2) is 0 Å². The van der Waals surface area contributed by atoms with Crippen LogP contribution in [0.25, 0.3) is 0 Å². The smallest absolute Gasteiger partial charge is 0.239 e. The highest BCUT2D eigenvalue weighted by molar-refractivity contribution is 9.10. The molecule has 1 aliphatic heterocycles. The zero-order valence-corrected chi connectivity index (χ0v) is 12.9. The number of hydrogen-bond acceptors (Lipinski definition) is 6. The van der Waals surface area contributed by atoms with E-state index in [1.165, 1.54) is 13.0 Å². The van der Waals surface area contributed by atoms with Crippen LogP contribution in [0, 0.1) is 5.92 Å². The molecular weight excluding hydrogens is 308 g/mol. The quantitative estimate of drug-likeness (QED) is 0.563. The van der Waals surface area contributed by atoms with Gasteiger partial charge in [0.1, 0.15) is 5.82 Å². The first-order chi connectivity index (χ1) is 9.10. The summed E-state index contributed by atoms with van der Waals surface area (Å²) in [6.45, 7) is 7.74. The van der Waals surface area contributed by atoms with Gasteiger partial charge in [-0.25, -0.2) is 10.8 Å². The molecule has 0 saturated carbocycles. The summed E-state index contributed by atoms with van der Waals surface area (Å²) in [5.74, 6) is 7.18. The van der Waals surface area contributed by atoms with Gasteiger partial charge in [-0.3, -0.25) is 5.43 Å². The van der Waals surface area contributed by atoms with Crippen LogP contribution in [0.1, 0.15) is 20.3 Å². The summed E-state index contributed by atoms with van der Waals surface area (Å²) in [4.78, 5) is 10.8. The summed E-state index contributed by atoms with van der Waals surface area (Å²) in [5.41, 5.74) is 2.45. The summed E-state index contributed by atoms with van der Waals surface area (Å²) in [6.07, 6.45) is 2.93. The van der Waals surface area contributed by atoms with Crippen molar-refractivity contribution in [3.8, 4) is 0 Å². The third kappa shape index (κ3) is 3.77. The number of hydrogen-bond donors (Lipinski definition) is 3. The molecule has 1 aromatic heterocycles. The average molecular weight is 329 g/mol. The van der Waals surface area contributed by atoms with Crippen LogP contribution in [0.15, 0.2) is 10.7 Å². The molecule has 0 spiro atoms. The summed E-state index contributed by atoms with van der Waals surface area (Å²) < 4.78 is 0.852. The van der Waals surface area contributed by atoms with Gasteiger partial charge in [0.2, 0.25) is 5.95 Å². The fourth-order valence-corrected chi connectivity index (χ4v) is 2.63. The van der Waals surface area contributed by atoms with E-state index in [1.807, 2.05) is 0 Å². The lowest BCUT2D eigenvalue weighted by Crippen LogP contribution is -2.29. The minimum atomic E-state index is 0.418. The van der Waals surface area contributed by atoms with Crippen LogP contribution < -0.4 is 16.6 Å². The molecular formula is C12H21BrN6. The highest BCUT2D eigenvalue weighted by Gasteiger charge is 2.24. The number of rotatable bonds is 5. The molecule has 0 bridgehead atoms. The van der Waals surface area contributed by atoms with Gasteiger partial charge in [-0.1, -0.05) is 0 Å². The van der Waals surface area contributed by atoms with Crippen molar-refractivity contribution >= 4 is 27.7 Å². The second-order valence-corrected chi connectivity index (χ2v) is 6.01. The SMILES string of the molecule is CC(C)N1CCC(CNc2nc(NN)ncc2Br)C1. The first-order valence-corrected chi connectivity index (χ1v) is 7.36. The molecule has 1 aromatic rings. The monoisotopic (exact) mass is 328 g/mol. The average Bonchev–Trinajstić information content (AvgIpc) is 2.87. The van der Waals surface area contributed by atoms with Gasteiger partial charge in [-0.2, -0.15) is 4.98 Å². The van der Waals surface area contributed by atoms with Crippen LogP contribution in [0.3, 0.4) is 0 Å². The van der Waals surface area contributed by atoms with Crippen molar-refractivity contribution in [2.45, 2.75) is 26.3 Å². The Balaban J connectivity index is 1.89. The van der Waals surface area contributed by atoms with E-state index in [-0.39, 0.29) is 0 Å². The Morgan fingerprint density at radius 3 is 3.00 bits per heavy atom. The van der Waals surface area contributed by atoms with Gasteiger partial charge >= 0.3 is 0 Å². The van der Waals surface area contributed by atoms with E-state index < -0.39 is 0 Å². The molecule has 2 heterocycles. The predicted molar refractivity (Wildman–Crippen MR) is 80.8 cm³/mol. The van der Waals surface area contributed by atoms with E-state index in [4.69, 9.17) is 5.84 Å². The molecule has 106 valence electrons. The molecule has 1 fully saturated rings. The molecule has 1 unspecified atom stereocenters. The molecule has 0 aromatic carbocycles. The lowest BCUT2D eigenvalue weighted by molar-refractivity contribution is 0.266. The Bertz CT molecular complexity index is 425. The number of nitrogen functional groups attached to an aromatic ring is 1. The molecule has 4 N–H and O–H groups in total. The van der Waals surface area contributed by atoms with E-state index in [0.717, 1.165) is 23.4 Å². The number of nitrogens with one attached hydrogen (secondary N) is 2. The van der Waals surface area contributed by atoms with Crippen molar-refractivity contribution in [2.75, 3.05) is 30.4 Å². The van der Waals surface area contributed by atoms with Gasteiger partial charge in [0, 0.05) is 25.3 Å². The van der Waals surface area contributed by atoms with Crippen molar-refractivity contribution in [1.29, 1.82) is 0 Å². The van der Waals surface area contributed by atoms with Gasteiger partial charge in [0.25, 0.3) is 0 Å². The Hall–Kier alpha value is -0.920. The largest absolute Gasteiger partial charge is 0.369 e. The molecule has 2 rings (SSSR count). The molecule has 0 amide bonds. The predicted octanol–water partition coefficient (Wildman–Crippen LogP) is 1.67. The van der Waals surface area contributed by atoms with Crippen LogP contribution in [0.5, 0.6) is 0 Å². The van der Waals surface area contributed by atoms with Gasteiger partial charge in [-0.15, -0.1) is 0 Å². The molecule has 19 heavy (non-hydrogen) atoms. The van der Waals surface area contributed by atoms with Crippen molar-refractivity contribution in [2.24, 2.45) is 11.8 Å². The minimum absolute atomic E-state index is 0.418. The maximum absolute atomic E-state index is 5.31. The number of nitrogens with zero attached hydrogens (tertiary/aromatic N) is 3. The molecule has 0 aliphatic carbocycles. The zero-order chi connectivity index (χ0) is 13.8. The molecule has 0 radical (unpaired) electrons. The number of likely N-dealkylation sites (tertiary alicyclic amines) is 1. The van der Waals surface area contributed by atoms with Crippen LogP contribution in [0.4, 0.5) is 11.8 Å². The first kappa shape index (κ1) is 14.5. The van der Waals surface area contributed by atoms with E-state index in [2.05, 4.69) is 55.4 Å². The fourth-order valence-electron chi connectivity index (χ4n) is 2.30. The van der Waals surface area contributed by atoms with Crippen LogP contribution in [-0.2, 0) is 0 Å². The number of aromatic nitrogens is 2. The van der Waals surface area contributed by atoms with Gasteiger partial charge < -0.3 is 10.2 Å². The topological polar surface area (TPSA) is 79.1 Å². The van der Waals surface area contributed by atoms with Crippen LogP contribution >= 0.6 is 15.9 Å². The standard InChI is InChI=1S/C12H21BrN6/c1-8(2)19-4-3-9(7-19)5-15-11-10(13)6-16-12(17-11)18-14/h6,8-9H,3-5,7,14H2,1-2H3,(H2,15,16,17,18). The maximum Gasteiger partial charge on any atom is 0.239 e. The summed E-state index contributed by atoms with van der Waals surface area (Å²) in [7, 11) is 0. The number of nitrogens with two attached hydrogens (primary N) is 1. The Labute approximate surface area is 122 Å². The van der Waals surface area contributed by atoms with Crippen LogP contribution in [0.2, 0.25) is 0 Å². The third-order valence-electron chi connectivity index (χ3n) is 3.48. The summed E-state index contributed by atoms with van der Waals surface area (Å²) in [6, 6.07) is 0.629. The van der Waals surface area contributed by atoms with E-state index in [1.54, 1.807) is 6.20 Å². The van der Waals surface area contributed by atoms with Crippen molar-refractivity contribution in [3.05, 3.63) is 10.7 Å².